The number of carbonyl (C=O) groups is 4. The van der Waals surface area contributed by atoms with Crippen LogP contribution >= 0.6 is 0 Å². The number of carboxylic acid groups (broad SMARTS) is 2. The number of hydrogen-bond acceptors (Lipinski definition) is 7. The monoisotopic (exact) mass is 685 g/mol. The van der Waals surface area contributed by atoms with E-state index in [0.29, 0.717) is 16.8 Å². The van der Waals surface area contributed by atoms with Crippen molar-refractivity contribution in [3.8, 4) is 11.3 Å². The topological polar surface area (TPSA) is 193 Å². The molecule has 0 aliphatic carbocycles. The Balaban J connectivity index is 2.11. The van der Waals surface area contributed by atoms with E-state index in [1.165, 1.54) is 10.3 Å². The highest BCUT2D eigenvalue weighted by Crippen LogP contribution is 2.22. The fourth-order valence-corrected chi connectivity index (χ4v) is 4.97. The molecular formula is C36H48N6O7. The maximum absolute atomic E-state index is 14.1. The number of nitrogens with one attached hydrogen (secondary N) is 4. The Bertz CT molecular complexity index is 1820. The predicted molar refractivity (Wildman–Crippen MR) is 185 cm³/mol. The molecular weight excluding hydrogens is 628 g/mol. The van der Waals surface area contributed by atoms with E-state index >= 15 is 0 Å². The van der Waals surface area contributed by atoms with Crippen LogP contribution in [0.15, 0.2) is 79.0 Å². The summed E-state index contributed by atoms with van der Waals surface area (Å²) >= 11 is 0. The van der Waals surface area contributed by atoms with Crippen molar-refractivity contribution in [2.75, 3.05) is 6.54 Å². The van der Waals surface area contributed by atoms with Gasteiger partial charge >= 0.3 is 12.2 Å². The molecule has 0 unspecified atom stereocenters. The number of pyridine rings is 1. The van der Waals surface area contributed by atoms with E-state index < -0.39 is 86.2 Å². The first kappa shape index (κ1) is 26.9. The second-order valence-corrected chi connectivity index (χ2v) is 12.6. The number of benzene rings is 2. The van der Waals surface area contributed by atoms with Crippen molar-refractivity contribution in [3.05, 3.63) is 90.1 Å². The van der Waals surface area contributed by atoms with E-state index in [1.54, 1.807) is 93.7 Å². The Morgan fingerprint density at radius 1 is 0.776 bits per heavy atom. The molecule has 0 spiro atoms. The third kappa shape index (κ3) is 12.2. The average Bonchev–Trinajstić information content (AvgIpc) is 3.08. The lowest BCUT2D eigenvalue weighted by Crippen LogP contribution is -2.60. The van der Waals surface area contributed by atoms with E-state index in [0.717, 1.165) is 5.56 Å². The first-order valence-electron chi connectivity index (χ1n) is 19.8. The average molecular weight is 686 g/mol. The number of nitrogens with zero attached hydrogens (tertiary/aromatic N) is 2. The van der Waals surface area contributed by atoms with Gasteiger partial charge in [0.2, 0.25) is 5.91 Å². The molecule has 0 bridgehead atoms. The first-order chi connectivity index (χ1) is 26.7. The lowest BCUT2D eigenvalue weighted by Gasteiger charge is -2.35. The normalized spacial score (nSPS) is 17.7. The Morgan fingerprint density at radius 2 is 1.37 bits per heavy atom. The molecule has 13 heteroatoms. The van der Waals surface area contributed by atoms with Gasteiger partial charge in [-0.15, -0.1) is 0 Å². The zero-order valence-electron chi connectivity index (χ0n) is 36.3. The van der Waals surface area contributed by atoms with Crippen LogP contribution in [0.3, 0.4) is 0 Å². The van der Waals surface area contributed by atoms with Gasteiger partial charge in [-0.25, -0.2) is 14.6 Å². The van der Waals surface area contributed by atoms with Crippen molar-refractivity contribution in [2.45, 2.75) is 78.5 Å². The van der Waals surface area contributed by atoms with Crippen LogP contribution in [0.1, 0.15) is 64.8 Å². The van der Waals surface area contributed by atoms with Gasteiger partial charge < -0.3 is 31.3 Å². The molecule has 0 radical (unpaired) electrons. The molecule has 3 aromatic rings. The number of amides is 4. The zero-order valence-corrected chi connectivity index (χ0v) is 27.3. The Kier molecular flexibility index (Phi) is 9.27. The van der Waals surface area contributed by atoms with Crippen molar-refractivity contribution >= 4 is 24.0 Å². The number of carbonyl (C=O) groups excluding carboxylic acids is 2. The molecule has 4 amide bonds. The van der Waals surface area contributed by atoms with Crippen LogP contribution in [-0.4, -0.2) is 80.1 Å². The highest BCUT2D eigenvalue weighted by atomic mass is 16.4. The molecule has 0 saturated heterocycles. The first-order valence-corrected chi connectivity index (χ1v) is 15.3. The second-order valence-electron chi connectivity index (χ2n) is 12.6. The molecule has 0 saturated carbocycles. The summed E-state index contributed by atoms with van der Waals surface area (Å²) in [5.74, 6) is -2.50. The van der Waals surface area contributed by atoms with Gasteiger partial charge in [0.15, 0.2) is 0 Å². The molecule has 7 N–H and O–H groups in total. The van der Waals surface area contributed by atoms with Gasteiger partial charge in [-0.05, 0) is 40.5 Å². The van der Waals surface area contributed by atoms with Crippen molar-refractivity contribution in [1.29, 1.82) is 0 Å². The van der Waals surface area contributed by atoms with Gasteiger partial charge in [-0.1, -0.05) is 102 Å². The van der Waals surface area contributed by atoms with Crippen LogP contribution in [0.4, 0.5) is 9.59 Å². The van der Waals surface area contributed by atoms with E-state index in [2.05, 4.69) is 21.0 Å². The van der Waals surface area contributed by atoms with Crippen LogP contribution < -0.4 is 21.4 Å². The lowest BCUT2D eigenvalue weighted by molar-refractivity contribution is -0.132. The highest BCUT2D eigenvalue weighted by molar-refractivity contribution is 5.86. The molecule has 49 heavy (non-hydrogen) atoms. The van der Waals surface area contributed by atoms with E-state index in [9.17, 15) is 34.5 Å². The minimum absolute atomic E-state index is 0.120. The molecule has 2 aromatic carbocycles. The molecule has 3 rings (SSSR count). The Labute approximate surface area is 299 Å². The molecule has 13 nitrogen and oxygen atoms in total. The number of hydrazine groups is 1. The van der Waals surface area contributed by atoms with Gasteiger partial charge in [0.1, 0.15) is 12.1 Å². The quantitative estimate of drug-likeness (QED) is 0.123. The van der Waals surface area contributed by atoms with Crippen LogP contribution in [0.2, 0.25) is 0 Å². The van der Waals surface area contributed by atoms with Crippen LogP contribution in [0.5, 0.6) is 0 Å². The fourth-order valence-electron chi connectivity index (χ4n) is 4.97. The van der Waals surface area contributed by atoms with Gasteiger partial charge in [-0.2, -0.15) is 0 Å². The largest absolute Gasteiger partial charge is 0.465 e. The molecule has 1 heterocycles. The third-order valence-electron chi connectivity index (χ3n) is 7.41. The summed E-state index contributed by atoms with van der Waals surface area (Å²) in [7, 11) is 0. The van der Waals surface area contributed by atoms with Crippen molar-refractivity contribution in [2.24, 2.45) is 10.8 Å². The minimum Gasteiger partial charge on any atom is -0.465 e. The van der Waals surface area contributed by atoms with Crippen molar-refractivity contribution in [1.82, 2.24) is 31.4 Å². The molecule has 1 aromatic heterocycles. The Hall–Kier alpha value is -5.01. The van der Waals surface area contributed by atoms with E-state index in [1.807, 2.05) is 6.07 Å². The molecule has 0 fully saturated rings. The summed E-state index contributed by atoms with van der Waals surface area (Å²) in [4.78, 5) is 55.8. The predicted octanol–water partition coefficient (Wildman–Crippen LogP) is 4.03. The summed E-state index contributed by atoms with van der Waals surface area (Å²) in [5, 5.41) is 38.3. The maximum Gasteiger partial charge on any atom is 0.405 e. The van der Waals surface area contributed by atoms with Crippen LogP contribution in [-0.2, 0) is 22.6 Å². The number of hydrogen-bond donors (Lipinski definition) is 7. The van der Waals surface area contributed by atoms with Gasteiger partial charge in [-0.3, -0.25) is 20.0 Å². The summed E-state index contributed by atoms with van der Waals surface area (Å²) in [6.45, 7) is -7.75. The van der Waals surface area contributed by atoms with Crippen molar-refractivity contribution in [3.63, 3.8) is 0 Å². The van der Waals surface area contributed by atoms with Gasteiger partial charge in [0, 0.05) is 37.2 Å². The molecule has 264 valence electrons. The fraction of sp³-hybridized carbons (Fsp3) is 0.417. The summed E-state index contributed by atoms with van der Waals surface area (Å²) in [5.41, 5.74) is 0.199. The number of rotatable bonds is 14. The zero-order chi connectivity index (χ0) is 43.9. The smallest absolute Gasteiger partial charge is 0.405 e. The molecule has 0 aliphatic heterocycles. The van der Waals surface area contributed by atoms with Crippen LogP contribution in [0.25, 0.3) is 11.3 Å². The number of aliphatic hydroxyl groups is 1. The standard InChI is InChI=1S/C36H48N6O7/c1-35(2,3)29(39-33(46)47)31(44)38-27(20-23-12-8-7-9-13-23)28(43)22-42(41-32(45)30(36(4,5)6)40-34(48)49)21-24-15-17-25(18-16-24)26-14-10-11-19-37-26/h7-19,27-30,39-40,43H,20-22H2,1-6H3,(H,38,44)(H,41,45)(H,46,47)(H,48,49)/t27-,28-,29+,30+/m0/s1/i1D3,2D3,3D3. The molecule has 0 aliphatic rings. The number of aliphatic hydroxyl groups excluding tert-OH is 1. The van der Waals surface area contributed by atoms with Crippen molar-refractivity contribution < 1.29 is 46.8 Å². The van der Waals surface area contributed by atoms with E-state index in [4.69, 9.17) is 12.3 Å². The SMILES string of the molecule is [2H]C([2H])([2H])C([C@H](NC(=O)O)C(=O)N[C@@H](Cc1ccccc1)[C@@H](O)CN(Cc1ccc(-c2ccccn2)cc1)NC(=O)[C@@H](NC(=O)O)C(C)(C)C)(C([2H])([2H])[2H])C([2H])([2H])[2H]. The van der Waals surface area contributed by atoms with Gasteiger partial charge in [0.25, 0.3) is 5.91 Å². The van der Waals surface area contributed by atoms with E-state index in [-0.39, 0.29) is 13.0 Å². The Morgan fingerprint density at radius 3 is 1.90 bits per heavy atom. The minimum atomic E-state index is -3.98. The third-order valence-corrected chi connectivity index (χ3v) is 7.41. The van der Waals surface area contributed by atoms with Crippen LogP contribution in [0, 0.1) is 10.8 Å². The summed E-state index contributed by atoms with van der Waals surface area (Å²) in [6.07, 6.45) is -3.95. The number of aromatic nitrogens is 1. The highest BCUT2D eigenvalue weighted by Gasteiger charge is 2.37. The summed E-state index contributed by atoms with van der Waals surface area (Å²) < 4.78 is 72.6. The second kappa shape index (κ2) is 16.9. The summed E-state index contributed by atoms with van der Waals surface area (Å²) in [6, 6.07) is 14.7. The maximum atomic E-state index is 14.1. The van der Waals surface area contributed by atoms with Gasteiger partial charge in [0.05, 0.1) is 17.8 Å². The molecule has 4 atom stereocenters. The lowest BCUT2D eigenvalue weighted by atomic mass is 9.85.